The summed E-state index contributed by atoms with van der Waals surface area (Å²) in [6.45, 7) is 0.509. The van der Waals surface area contributed by atoms with Gasteiger partial charge in [-0.05, 0) is 54.1 Å². The van der Waals surface area contributed by atoms with Crippen molar-refractivity contribution in [3.05, 3.63) is 90.0 Å². The van der Waals surface area contributed by atoms with Gasteiger partial charge in [-0.1, -0.05) is 30.3 Å². The molecule has 0 saturated carbocycles. The second kappa shape index (κ2) is 9.23. The Hall–Kier alpha value is -3.80. The van der Waals surface area contributed by atoms with Gasteiger partial charge in [0.2, 0.25) is 0 Å². The van der Waals surface area contributed by atoms with Crippen molar-refractivity contribution in [1.29, 1.82) is 5.41 Å². The number of hydrogen-bond donors (Lipinski definition) is 3. The van der Waals surface area contributed by atoms with Crippen molar-refractivity contribution < 1.29 is 14.3 Å². The molecule has 142 valence electrons. The maximum Gasteiger partial charge on any atom is 0.255 e. The molecule has 6 heteroatoms. The predicted octanol–water partition coefficient (Wildman–Crippen LogP) is 3.83. The quantitative estimate of drug-likeness (QED) is 0.412. The largest absolute Gasteiger partial charge is 0.489 e. The molecule has 3 aromatic carbocycles. The number of benzene rings is 3. The molecule has 4 N–H and O–H groups in total. The van der Waals surface area contributed by atoms with Crippen LogP contribution in [0.15, 0.2) is 78.9 Å². The molecule has 0 saturated heterocycles. The Labute approximate surface area is 163 Å². The number of anilines is 1. The van der Waals surface area contributed by atoms with E-state index in [9.17, 15) is 4.79 Å². The fourth-order valence-electron chi connectivity index (χ4n) is 2.44. The summed E-state index contributed by atoms with van der Waals surface area (Å²) in [5.41, 5.74) is 7.52. The number of ether oxygens (including phenoxy) is 2. The summed E-state index contributed by atoms with van der Waals surface area (Å²) in [4.78, 5) is 12.3. The van der Waals surface area contributed by atoms with Gasteiger partial charge in [0.1, 0.15) is 30.5 Å². The average molecular weight is 375 g/mol. The lowest BCUT2D eigenvalue weighted by molar-refractivity contribution is 0.102. The molecule has 0 aliphatic carbocycles. The maximum atomic E-state index is 12.3. The van der Waals surface area contributed by atoms with Crippen molar-refractivity contribution in [1.82, 2.24) is 0 Å². The summed E-state index contributed by atoms with van der Waals surface area (Å²) in [5, 5.41) is 9.98. The lowest BCUT2D eigenvalue weighted by Crippen LogP contribution is -2.19. The van der Waals surface area contributed by atoms with Crippen LogP contribution in [-0.4, -0.2) is 18.3 Å². The average Bonchev–Trinajstić information content (AvgIpc) is 2.73. The van der Waals surface area contributed by atoms with Gasteiger partial charge < -0.3 is 20.5 Å². The van der Waals surface area contributed by atoms with Crippen LogP contribution in [-0.2, 0) is 6.61 Å². The lowest BCUT2D eigenvalue weighted by Gasteiger charge is -2.09. The third-order valence-corrected chi connectivity index (χ3v) is 3.87. The van der Waals surface area contributed by atoms with Gasteiger partial charge in [0, 0.05) is 11.3 Å². The Balaban J connectivity index is 1.53. The highest BCUT2D eigenvalue weighted by atomic mass is 16.5. The molecule has 0 radical (unpaired) electrons. The van der Waals surface area contributed by atoms with Crippen LogP contribution in [0, 0.1) is 5.41 Å². The number of amidine groups is 1. The Morgan fingerprint density at radius 1 is 0.857 bits per heavy atom. The standard InChI is InChI=1S/C22H21N3O3/c23-21(24)15-28-19-10-6-17(7-11-19)22(26)25-18-8-12-20(13-9-18)27-14-16-4-2-1-3-5-16/h1-13H,14-15H2,(H3,23,24)(H,25,26). The molecule has 3 aromatic rings. The van der Waals surface area contributed by atoms with E-state index in [1.807, 2.05) is 42.5 Å². The third kappa shape index (κ3) is 5.60. The number of nitrogens with one attached hydrogen (secondary N) is 2. The minimum atomic E-state index is -0.226. The van der Waals surface area contributed by atoms with Gasteiger partial charge in [-0.25, -0.2) is 0 Å². The number of amides is 1. The SMILES string of the molecule is N=C(N)COc1ccc(C(=O)Nc2ccc(OCc3ccccc3)cc2)cc1. The number of nitrogens with two attached hydrogens (primary N) is 1. The van der Waals surface area contributed by atoms with E-state index in [-0.39, 0.29) is 18.3 Å². The topological polar surface area (TPSA) is 97.4 Å². The Morgan fingerprint density at radius 3 is 2.11 bits per heavy atom. The molecule has 0 unspecified atom stereocenters. The van der Waals surface area contributed by atoms with E-state index >= 15 is 0 Å². The summed E-state index contributed by atoms with van der Waals surface area (Å²) in [5.74, 6) is 0.995. The number of carbonyl (C=O) groups excluding carboxylic acids is 1. The Morgan fingerprint density at radius 2 is 1.46 bits per heavy atom. The minimum Gasteiger partial charge on any atom is -0.489 e. The van der Waals surface area contributed by atoms with E-state index in [0.717, 1.165) is 11.3 Å². The smallest absolute Gasteiger partial charge is 0.255 e. The second-order valence-corrected chi connectivity index (χ2v) is 6.09. The highest BCUT2D eigenvalue weighted by Gasteiger charge is 2.07. The first kappa shape index (κ1) is 19.0. The maximum absolute atomic E-state index is 12.3. The highest BCUT2D eigenvalue weighted by molar-refractivity contribution is 6.04. The Bertz CT molecular complexity index is 924. The van der Waals surface area contributed by atoms with Crippen LogP contribution in [0.2, 0.25) is 0 Å². The van der Waals surface area contributed by atoms with Crippen LogP contribution in [0.25, 0.3) is 0 Å². The van der Waals surface area contributed by atoms with Crippen LogP contribution < -0.4 is 20.5 Å². The molecule has 0 bridgehead atoms. The molecular formula is C22H21N3O3. The fraction of sp³-hybridized carbons (Fsp3) is 0.0909. The lowest BCUT2D eigenvalue weighted by atomic mass is 10.2. The van der Waals surface area contributed by atoms with E-state index in [0.29, 0.717) is 23.6 Å². The zero-order chi connectivity index (χ0) is 19.8. The molecule has 28 heavy (non-hydrogen) atoms. The van der Waals surface area contributed by atoms with Crippen molar-refractivity contribution in [3.8, 4) is 11.5 Å². The molecule has 0 aliphatic heterocycles. The van der Waals surface area contributed by atoms with E-state index in [1.165, 1.54) is 0 Å². The van der Waals surface area contributed by atoms with E-state index in [1.54, 1.807) is 36.4 Å². The summed E-state index contributed by atoms with van der Waals surface area (Å²) in [7, 11) is 0. The third-order valence-electron chi connectivity index (χ3n) is 3.87. The van der Waals surface area contributed by atoms with E-state index in [2.05, 4.69) is 5.32 Å². The summed E-state index contributed by atoms with van der Waals surface area (Å²) in [6.07, 6.45) is 0. The van der Waals surface area contributed by atoms with E-state index < -0.39 is 0 Å². The van der Waals surface area contributed by atoms with Crippen LogP contribution in [0.1, 0.15) is 15.9 Å². The first-order valence-corrected chi connectivity index (χ1v) is 8.74. The molecule has 0 fully saturated rings. The van der Waals surface area contributed by atoms with Gasteiger partial charge in [-0.3, -0.25) is 10.2 Å². The summed E-state index contributed by atoms with van der Waals surface area (Å²) in [6, 6.07) is 23.8. The van der Waals surface area contributed by atoms with Crippen molar-refractivity contribution in [2.24, 2.45) is 5.73 Å². The highest BCUT2D eigenvalue weighted by Crippen LogP contribution is 2.18. The van der Waals surface area contributed by atoms with Crippen LogP contribution >= 0.6 is 0 Å². The van der Waals surface area contributed by atoms with Gasteiger partial charge in [0.25, 0.3) is 5.91 Å². The van der Waals surface area contributed by atoms with Gasteiger partial charge in [-0.15, -0.1) is 0 Å². The number of rotatable bonds is 8. The predicted molar refractivity (Wildman–Crippen MR) is 109 cm³/mol. The molecule has 0 aliphatic rings. The minimum absolute atomic E-state index is 0.0181. The van der Waals surface area contributed by atoms with Crippen molar-refractivity contribution in [3.63, 3.8) is 0 Å². The fourth-order valence-corrected chi connectivity index (χ4v) is 2.44. The molecule has 0 atom stereocenters. The van der Waals surface area contributed by atoms with Crippen molar-refractivity contribution in [2.75, 3.05) is 11.9 Å². The van der Waals surface area contributed by atoms with Crippen LogP contribution in [0.4, 0.5) is 5.69 Å². The number of carbonyl (C=O) groups is 1. The van der Waals surface area contributed by atoms with Gasteiger partial charge in [0.15, 0.2) is 0 Å². The van der Waals surface area contributed by atoms with Crippen molar-refractivity contribution >= 4 is 17.4 Å². The molecule has 0 heterocycles. The Kier molecular flexibility index (Phi) is 6.25. The zero-order valence-corrected chi connectivity index (χ0v) is 15.2. The molecule has 3 rings (SSSR count). The monoisotopic (exact) mass is 375 g/mol. The van der Waals surface area contributed by atoms with Gasteiger partial charge in [0.05, 0.1) is 0 Å². The summed E-state index contributed by atoms with van der Waals surface area (Å²) < 4.78 is 11.0. The molecule has 1 amide bonds. The molecule has 0 aromatic heterocycles. The summed E-state index contributed by atoms with van der Waals surface area (Å²) >= 11 is 0. The normalized spacial score (nSPS) is 10.1. The first-order valence-electron chi connectivity index (χ1n) is 8.74. The van der Waals surface area contributed by atoms with Crippen LogP contribution in [0.5, 0.6) is 11.5 Å². The van der Waals surface area contributed by atoms with Gasteiger partial charge in [-0.2, -0.15) is 0 Å². The molecule has 0 spiro atoms. The van der Waals surface area contributed by atoms with Gasteiger partial charge >= 0.3 is 0 Å². The number of hydrogen-bond acceptors (Lipinski definition) is 4. The molecule has 6 nitrogen and oxygen atoms in total. The zero-order valence-electron chi connectivity index (χ0n) is 15.2. The second-order valence-electron chi connectivity index (χ2n) is 6.09. The molecular weight excluding hydrogens is 354 g/mol. The van der Waals surface area contributed by atoms with Crippen LogP contribution in [0.3, 0.4) is 0 Å². The van der Waals surface area contributed by atoms with Crippen molar-refractivity contribution in [2.45, 2.75) is 6.61 Å². The first-order chi connectivity index (χ1) is 13.6. The van der Waals surface area contributed by atoms with E-state index in [4.69, 9.17) is 20.6 Å².